The molecule has 4 rings (SSSR count). The van der Waals surface area contributed by atoms with E-state index in [1.54, 1.807) is 13.8 Å². The third-order valence-corrected chi connectivity index (χ3v) is 5.91. The minimum absolute atomic E-state index is 0.0989. The molecule has 0 aromatic heterocycles. The van der Waals surface area contributed by atoms with Gasteiger partial charge in [-0.05, 0) is 43.0 Å². The van der Waals surface area contributed by atoms with Crippen LogP contribution in [-0.2, 0) is 23.9 Å². The van der Waals surface area contributed by atoms with Crippen LogP contribution in [0.25, 0.3) is 11.1 Å². The van der Waals surface area contributed by atoms with Gasteiger partial charge in [-0.2, -0.15) is 0 Å². The molecule has 2 atom stereocenters. The summed E-state index contributed by atoms with van der Waals surface area (Å²) in [6, 6.07) is 13.8. The van der Waals surface area contributed by atoms with Crippen LogP contribution in [0.15, 0.2) is 48.5 Å². The fraction of sp³-hybridized carbons (Fsp3) is 0.375. The van der Waals surface area contributed by atoms with Crippen molar-refractivity contribution in [2.45, 2.75) is 44.7 Å². The van der Waals surface area contributed by atoms with Gasteiger partial charge in [0.15, 0.2) is 6.04 Å². The molecule has 0 unspecified atom stereocenters. The van der Waals surface area contributed by atoms with Crippen molar-refractivity contribution in [1.82, 2.24) is 10.2 Å². The van der Waals surface area contributed by atoms with Gasteiger partial charge in [-0.3, -0.25) is 14.5 Å². The van der Waals surface area contributed by atoms with Crippen molar-refractivity contribution in [3.63, 3.8) is 0 Å². The number of carbonyl (C=O) groups excluding carboxylic acids is 2. The highest BCUT2D eigenvalue weighted by molar-refractivity contribution is 5.91. The molecule has 1 fully saturated rings. The number of nitrogens with zero attached hydrogens (tertiary/aromatic N) is 1. The number of fused-ring (bicyclic) bond motifs is 3. The van der Waals surface area contributed by atoms with E-state index in [1.807, 2.05) is 48.5 Å². The Kier molecular flexibility index (Phi) is 5.75. The highest BCUT2D eigenvalue weighted by atomic mass is 16.5. The summed E-state index contributed by atoms with van der Waals surface area (Å²) in [6.45, 7) is 4.43. The highest BCUT2D eigenvalue weighted by Crippen LogP contribution is 2.44. The number of rotatable bonds is 6. The number of carboxylic acids is 1. The minimum Gasteiger partial charge on any atom is -0.480 e. The van der Waals surface area contributed by atoms with Gasteiger partial charge in [0.25, 0.3) is 0 Å². The molecule has 0 bridgehead atoms. The Labute approximate surface area is 186 Å². The number of hydrogen-bond acceptors (Lipinski definition) is 5. The first-order chi connectivity index (χ1) is 15.2. The summed E-state index contributed by atoms with van der Waals surface area (Å²) in [5, 5.41) is 12.0. The summed E-state index contributed by atoms with van der Waals surface area (Å²) in [5.74, 6) is -2.13. The first-order valence-corrected chi connectivity index (χ1v) is 10.5. The number of nitrogens with one attached hydrogen (secondary N) is 1. The highest BCUT2D eigenvalue weighted by Gasteiger charge is 2.48. The average Bonchev–Trinajstić information content (AvgIpc) is 3.25. The van der Waals surface area contributed by atoms with Gasteiger partial charge in [0.1, 0.15) is 24.5 Å². The Bertz CT molecular complexity index is 1020. The average molecular weight is 438 g/mol. The number of hydrogen-bond donors (Lipinski definition) is 2. The van der Waals surface area contributed by atoms with Gasteiger partial charge < -0.3 is 19.9 Å². The number of carboxylic acid groups (broad SMARTS) is 1. The topological polar surface area (TPSA) is 105 Å². The second-order valence-electron chi connectivity index (χ2n) is 8.47. The largest absolute Gasteiger partial charge is 0.480 e. The fourth-order valence-corrected chi connectivity index (χ4v) is 4.40. The molecule has 2 aromatic rings. The Morgan fingerprint density at radius 2 is 1.69 bits per heavy atom. The van der Waals surface area contributed by atoms with Crippen molar-refractivity contribution in [2.24, 2.45) is 0 Å². The molecule has 0 spiro atoms. The second-order valence-corrected chi connectivity index (χ2v) is 8.47. The molecule has 1 saturated heterocycles. The molecular formula is C24H26N2O6. The standard InChI is InChI=1S/C24H26N2O6/c1-14(22(28)26-19(23(29)30)12-32-24(26,2)3)25-20(27)13-31-21-17-10-6-4-8-15(17)16-9-5-7-11-18(16)21/h4-11,14,19,21H,12-13H2,1-3H3,(H,25,27)(H,29,30)/t14-,19-/m0/s1. The van der Waals surface area contributed by atoms with E-state index < -0.39 is 35.6 Å². The van der Waals surface area contributed by atoms with Crippen molar-refractivity contribution in [2.75, 3.05) is 13.2 Å². The van der Waals surface area contributed by atoms with Crippen molar-refractivity contribution in [1.29, 1.82) is 0 Å². The summed E-state index contributed by atoms with van der Waals surface area (Å²) < 4.78 is 11.4. The smallest absolute Gasteiger partial charge is 0.328 e. The third-order valence-electron chi connectivity index (χ3n) is 5.91. The Morgan fingerprint density at radius 3 is 2.25 bits per heavy atom. The van der Waals surface area contributed by atoms with Crippen LogP contribution < -0.4 is 5.32 Å². The van der Waals surface area contributed by atoms with E-state index in [0.717, 1.165) is 22.3 Å². The van der Waals surface area contributed by atoms with E-state index in [0.29, 0.717) is 0 Å². The van der Waals surface area contributed by atoms with Crippen LogP contribution in [0.3, 0.4) is 0 Å². The lowest BCUT2D eigenvalue weighted by Crippen LogP contribution is -2.57. The maximum absolute atomic E-state index is 12.9. The normalized spacial score (nSPS) is 19.8. The monoisotopic (exact) mass is 438 g/mol. The maximum Gasteiger partial charge on any atom is 0.328 e. The lowest BCUT2D eigenvalue weighted by molar-refractivity contribution is -0.157. The maximum atomic E-state index is 12.9. The Morgan fingerprint density at radius 1 is 1.12 bits per heavy atom. The molecule has 1 aliphatic heterocycles. The van der Waals surface area contributed by atoms with Gasteiger partial charge in [-0.1, -0.05) is 48.5 Å². The summed E-state index contributed by atoms with van der Waals surface area (Å²) >= 11 is 0. The van der Waals surface area contributed by atoms with Gasteiger partial charge in [0, 0.05) is 0 Å². The zero-order chi connectivity index (χ0) is 23.0. The van der Waals surface area contributed by atoms with E-state index in [1.165, 1.54) is 11.8 Å². The minimum atomic E-state index is -1.15. The van der Waals surface area contributed by atoms with E-state index >= 15 is 0 Å². The summed E-state index contributed by atoms with van der Waals surface area (Å²) in [4.78, 5) is 38.2. The number of ether oxygens (including phenoxy) is 2. The van der Waals surface area contributed by atoms with Gasteiger partial charge in [0.05, 0.1) is 6.61 Å². The van der Waals surface area contributed by atoms with Crippen LogP contribution in [0.5, 0.6) is 0 Å². The Hall–Kier alpha value is -3.23. The molecule has 1 heterocycles. The quantitative estimate of drug-likeness (QED) is 0.717. The first-order valence-electron chi connectivity index (χ1n) is 10.5. The molecule has 2 aliphatic rings. The van der Waals surface area contributed by atoms with Crippen LogP contribution in [-0.4, -0.2) is 58.8 Å². The van der Waals surface area contributed by atoms with E-state index in [4.69, 9.17) is 9.47 Å². The summed E-state index contributed by atoms with van der Waals surface area (Å²) in [6.07, 6.45) is -0.374. The van der Waals surface area contributed by atoms with Gasteiger partial charge in [-0.15, -0.1) is 0 Å². The fourth-order valence-electron chi connectivity index (χ4n) is 4.40. The van der Waals surface area contributed by atoms with Gasteiger partial charge in [-0.25, -0.2) is 4.79 Å². The predicted octanol–water partition coefficient (Wildman–Crippen LogP) is 2.33. The van der Waals surface area contributed by atoms with E-state index in [2.05, 4.69) is 5.32 Å². The summed E-state index contributed by atoms with van der Waals surface area (Å²) in [5.41, 5.74) is 3.06. The molecule has 2 amide bonds. The van der Waals surface area contributed by atoms with E-state index in [9.17, 15) is 19.5 Å². The number of aliphatic carboxylic acids is 1. The number of carbonyl (C=O) groups is 3. The van der Waals surface area contributed by atoms with Crippen LogP contribution in [0.1, 0.15) is 38.0 Å². The molecule has 8 nitrogen and oxygen atoms in total. The molecule has 0 radical (unpaired) electrons. The number of benzene rings is 2. The lowest BCUT2D eigenvalue weighted by Gasteiger charge is -2.34. The molecular weight excluding hydrogens is 412 g/mol. The Balaban J connectivity index is 1.41. The molecule has 2 aromatic carbocycles. The first kappa shape index (κ1) is 22.0. The number of amides is 2. The van der Waals surface area contributed by atoms with Crippen LogP contribution in [0, 0.1) is 0 Å². The van der Waals surface area contributed by atoms with Crippen molar-refractivity contribution >= 4 is 17.8 Å². The molecule has 0 saturated carbocycles. The van der Waals surface area contributed by atoms with Crippen molar-refractivity contribution < 1.29 is 29.0 Å². The SMILES string of the molecule is C[C@H](NC(=O)COC1c2ccccc2-c2ccccc21)C(=O)N1[C@H](C(=O)O)COC1(C)C. The third kappa shape index (κ3) is 3.87. The molecule has 2 N–H and O–H groups in total. The second kappa shape index (κ2) is 8.37. The zero-order valence-electron chi connectivity index (χ0n) is 18.2. The predicted molar refractivity (Wildman–Crippen MR) is 116 cm³/mol. The lowest BCUT2D eigenvalue weighted by atomic mass is 10.1. The molecule has 168 valence electrons. The summed E-state index contributed by atoms with van der Waals surface area (Å²) in [7, 11) is 0. The van der Waals surface area contributed by atoms with E-state index in [-0.39, 0.29) is 19.3 Å². The van der Waals surface area contributed by atoms with Crippen molar-refractivity contribution in [3.8, 4) is 11.1 Å². The molecule has 1 aliphatic carbocycles. The molecule has 32 heavy (non-hydrogen) atoms. The van der Waals surface area contributed by atoms with Crippen LogP contribution >= 0.6 is 0 Å². The van der Waals surface area contributed by atoms with Crippen molar-refractivity contribution in [3.05, 3.63) is 59.7 Å². The van der Waals surface area contributed by atoms with Gasteiger partial charge >= 0.3 is 5.97 Å². The molecule has 8 heteroatoms. The zero-order valence-corrected chi connectivity index (χ0v) is 18.2. The van der Waals surface area contributed by atoms with Crippen LogP contribution in [0.2, 0.25) is 0 Å². The van der Waals surface area contributed by atoms with Gasteiger partial charge in [0.2, 0.25) is 11.8 Å². The van der Waals surface area contributed by atoms with Crippen LogP contribution in [0.4, 0.5) is 0 Å².